The van der Waals surface area contributed by atoms with Crippen molar-refractivity contribution in [3.8, 4) is 0 Å². The van der Waals surface area contributed by atoms with Crippen LogP contribution in [0.15, 0.2) is 48.8 Å². The van der Waals surface area contributed by atoms with E-state index in [4.69, 9.17) is 0 Å². The van der Waals surface area contributed by atoms with E-state index in [1.807, 2.05) is 12.3 Å². The number of aryl methyl sites for hydroxylation is 1. The summed E-state index contributed by atoms with van der Waals surface area (Å²) in [5, 5.41) is 0. The minimum atomic E-state index is 0.0479. The first-order valence-corrected chi connectivity index (χ1v) is 10.0. The number of carbonyl (C=O) groups is 1. The van der Waals surface area contributed by atoms with Gasteiger partial charge in [0.1, 0.15) is 0 Å². The van der Waals surface area contributed by atoms with Crippen LogP contribution < -0.4 is 0 Å². The number of likely N-dealkylation sites (N-methyl/N-ethyl adjacent to an activating group) is 1. The summed E-state index contributed by atoms with van der Waals surface area (Å²) in [6, 6.07) is 13.0. The molecular weight excluding hydrogens is 334 g/mol. The third-order valence-electron chi connectivity index (χ3n) is 7.02. The first-order chi connectivity index (χ1) is 13.1. The van der Waals surface area contributed by atoms with Crippen molar-refractivity contribution < 1.29 is 4.79 Å². The molecule has 0 spiro atoms. The van der Waals surface area contributed by atoms with Gasteiger partial charge in [0.25, 0.3) is 0 Å². The molecule has 2 aromatic rings. The van der Waals surface area contributed by atoms with Crippen molar-refractivity contribution in [2.75, 3.05) is 33.2 Å². The summed E-state index contributed by atoms with van der Waals surface area (Å²) in [6.45, 7) is 5.72. The van der Waals surface area contributed by atoms with Gasteiger partial charge in [0.15, 0.2) is 0 Å². The number of likely N-dealkylation sites (tertiary alicyclic amines) is 2. The van der Waals surface area contributed by atoms with E-state index in [1.54, 1.807) is 6.20 Å². The van der Waals surface area contributed by atoms with E-state index >= 15 is 0 Å². The molecule has 0 N–H and O–H groups in total. The first kappa shape index (κ1) is 16.9. The minimum Gasteiger partial charge on any atom is -0.341 e. The Bertz CT molecular complexity index is 850. The van der Waals surface area contributed by atoms with Crippen molar-refractivity contribution >= 4 is 5.91 Å². The second-order valence-electron chi connectivity index (χ2n) is 8.86. The van der Waals surface area contributed by atoms with Crippen molar-refractivity contribution in [2.45, 2.75) is 24.7 Å². The fourth-order valence-electron chi connectivity index (χ4n) is 5.40. The topological polar surface area (TPSA) is 36.4 Å². The van der Waals surface area contributed by atoms with Crippen LogP contribution in [-0.4, -0.2) is 53.9 Å². The van der Waals surface area contributed by atoms with Gasteiger partial charge >= 0.3 is 0 Å². The molecule has 3 heterocycles. The molecule has 0 bridgehead atoms. The van der Waals surface area contributed by atoms with E-state index in [9.17, 15) is 4.79 Å². The largest absolute Gasteiger partial charge is 0.341 e. The average Bonchev–Trinajstić information content (AvgIpc) is 3.05. The maximum Gasteiger partial charge on any atom is 0.227 e. The molecule has 1 aromatic carbocycles. The highest BCUT2D eigenvalue weighted by molar-refractivity contribution is 5.81. The van der Waals surface area contributed by atoms with E-state index in [-0.39, 0.29) is 17.3 Å². The Hall–Kier alpha value is -2.20. The summed E-state index contributed by atoms with van der Waals surface area (Å²) in [6.07, 6.45) is 4.97. The molecule has 4 heteroatoms. The quantitative estimate of drug-likeness (QED) is 0.843. The van der Waals surface area contributed by atoms with E-state index in [2.05, 4.69) is 59.1 Å². The monoisotopic (exact) mass is 361 g/mol. The Labute approximate surface area is 161 Å². The van der Waals surface area contributed by atoms with Crippen molar-refractivity contribution in [3.63, 3.8) is 0 Å². The molecule has 1 saturated carbocycles. The van der Waals surface area contributed by atoms with Gasteiger partial charge in [-0.2, -0.15) is 0 Å². The Kier molecular flexibility index (Phi) is 3.87. The number of pyridine rings is 1. The Balaban J connectivity index is 1.35. The Morgan fingerprint density at radius 2 is 1.96 bits per heavy atom. The molecule has 4 nitrogen and oxygen atoms in total. The molecule has 2 aliphatic heterocycles. The predicted molar refractivity (Wildman–Crippen MR) is 106 cm³/mol. The second-order valence-corrected chi connectivity index (χ2v) is 8.86. The van der Waals surface area contributed by atoms with Gasteiger partial charge in [-0.25, -0.2) is 0 Å². The fraction of sp³-hybridized carbons (Fsp3) is 0.478. The van der Waals surface area contributed by atoms with Gasteiger partial charge in [-0.05, 0) is 43.5 Å². The molecule has 1 aromatic heterocycles. The van der Waals surface area contributed by atoms with E-state index < -0.39 is 0 Å². The molecule has 5 rings (SSSR count). The zero-order valence-corrected chi connectivity index (χ0v) is 16.1. The lowest BCUT2D eigenvalue weighted by atomic mass is 9.88. The highest BCUT2D eigenvalue weighted by atomic mass is 16.2. The molecule has 140 valence electrons. The van der Waals surface area contributed by atoms with Crippen LogP contribution >= 0.6 is 0 Å². The van der Waals surface area contributed by atoms with Crippen molar-refractivity contribution in [2.24, 2.45) is 11.8 Å². The van der Waals surface area contributed by atoms with Gasteiger partial charge in [-0.3, -0.25) is 9.78 Å². The highest BCUT2D eigenvalue weighted by Crippen LogP contribution is 2.59. The third-order valence-corrected chi connectivity index (χ3v) is 7.02. The third kappa shape index (κ3) is 2.78. The molecule has 1 amide bonds. The minimum absolute atomic E-state index is 0.0479. The van der Waals surface area contributed by atoms with Crippen molar-refractivity contribution in [1.82, 2.24) is 14.8 Å². The van der Waals surface area contributed by atoms with Crippen LogP contribution in [0.1, 0.15) is 29.0 Å². The van der Waals surface area contributed by atoms with Gasteiger partial charge in [-0.15, -0.1) is 0 Å². The summed E-state index contributed by atoms with van der Waals surface area (Å²) in [4.78, 5) is 22.2. The number of rotatable bonds is 3. The van der Waals surface area contributed by atoms with Crippen LogP contribution in [0.3, 0.4) is 0 Å². The Morgan fingerprint density at radius 3 is 2.70 bits per heavy atom. The van der Waals surface area contributed by atoms with Crippen LogP contribution in [0, 0.1) is 18.8 Å². The zero-order chi connectivity index (χ0) is 18.6. The number of aromatic nitrogens is 1. The van der Waals surface area contributed by atoms with Crippen LogP contribution in [0.5, 0.6) is 0 Å². The molecule has 27 heavy (non-hydrogen) atoms. The smallest absolute Gasteiger partial charge is 0.227 e. The summed E-state index contributed by atoms with van der Waals surface area (Å²) < 4.78 is 0. The van der Waals surface area contributed by atoms with Crippen LogP contribution in [-0.2, 0) is 10.2 Å². The Morgan fingerprint density at radius 1 is 1.15 bits per heavy atom. The number of hydrogen-bond acceptors (Lipinski definition) is 3. The average molecular weight is 361 g/mol. The van der Waals surface area contributed by atoms with Crippen LogP contribution in [0.4, 0.5) is 0 Å². The van der Waals surface area contributed by atoms with E-state index in [1.165, 1.54) is 23.1 Å². The summed E-state index contributed by atoms with van der Waals surface area (Å²) in [5.74, 6) is 1.28. The maximum atomic E-state index is 13.4. The number of fused-ring (bicyclic) bond motifs is 1. The van der Waals surface area contributed by atoms with Gasteiger partial charge in [0.05, 0.1) is 5.92 Å². The molecular formula is C23H27N3O. The fourth-order valence-corrected chi connectivity index (χ4v) is 5.40. The van der Waals surface area contributed by atoms with Gasteiger partial charge < -0.3 is 9.80 Å². The molecule has 1 aliphatic carbocycles. The molecule has 2 unspecified atom stereocenters. The van der Waals surface area contributed by atoms with Crippen LogP contribution in [0.25, 0.3) is 0 Å². The van der Waals surface area contributed by atoms with E-state index in [0.717, 1.165) is 26.2 Å². The van der Waals surface area contributed by atoms with Gasteiger partial charge in [0, 0.05) is 49.9 Å². The second kappa shape index (κ2) is 6.16. The zero-order valence-electron chi connectivity index (χ0n) is 16.1. The normalized spacial score (nSPS) is 32.5. The molecule has 3 fully saturated rings. The first-order valence-electron chi connectivity index (χ1n) is 10.0. The summed E-state index contributed by atoms with van der Waals surface area (Å²) >= 11 is 0. The lowest BCUT2D eigenvalue weighted by Crippen LogP contribution is -2.39. The van der Waals surface area contributed by atoms with Gasteiger partial charge in [-0.1, -0.05) is 35.9 Å². The van der Waals surface area contributed by atoms with Crippen LogP contribution in [0.2, 0.25) is 0 Å². The number of nitrogens with zero attached hydrogens (tertiary/aromatic N) is 3. The van der Waals surface area contributed by atoms with Crippen molar-refractivity contribution in [3.05, 3.63) is 65.5 Å². The number of benzene rings is 1. The number of carbonyl (C=O) groups excluding carboxylic acids is 1. The summed E-state index contributed by atoms with van der Waals surface area (Å²) in [7, 11) is 2.12. The number of hydrogen-bond donors (Lipinski definition) is 0. The van der Waals surface area contributed by atoms with Gasteiger partial charge in [0.2, 0.25) is 5.91 Å². The maximum absolute atomic E-state index is 13.4. The number of amides is 1. The summed E-state index contributed by atoms with van der Waals surface area (Å²) in [5.41, 5.74) is 4.13. The molecule has 0 radical (unpaired) electrons. The SMILES string of the molecule is Cc1ccc(C23CC2CN(C(=O)[C@H]2CN(C)C[C@@H]2c2cccnc2)C3)cc1. The number of piperidine rings is 1. The standard InChI is InChI=1S/C23H27N3O/c1-16-5-7-18(8-6-16)23-10-19(23)12-26(15-23)22(27)21-14-25(2)13-20(21)17-4-3-9-24-11-17/h3-9,11,19-21H,10,12-15H2,1-2H3/t19?,20-,21+,23?/m1/s1. The molecule has 2 saturated heterocycles. The molecule has 3 aliphatic rings. The molecule has 4 atom stereocenters. The van der Waals surface area contributed by atoms with Crippen molar-refractivity contribution in [1.29, 1.82) is 0 Å². The predicted octanol–water partition coefficient (Wildman–Crippen LogP) is 2.84. The lowest BCUT2D eigenvalue weighted by molar-refractivity contribution is -0.135. The van der Waals surface area contributed by atoms with E-state index in [0.29, 0.717) is 11.8 Å². The highest BCUT2D eigenvalue weighted by Gasteiger charge is 2.62. The lowest BCUT2D eigenvalue weighted by Gasteiger charge is -2.27.